The van der Waals surface area contributed by atoms with Crippen molar-refractivity contribution in [1.29, 1.82) is 0 Å². The Morgan fingerprint density at radius 2 is 0.509 bits per heavy atom. The minimum absolute atomic E-state index is 0.287. The van der Waals surface area contributed by atoms with E-state index in [9.17, 15) is 0 Å². The molecular weight excluding hydrogens is 1400 g/mol. The molecule has 5 heteroatoms. The van der Waals surface area contributed by atoms with Gasteiger partial charge in [0.05, 0.1) is 0 Å². The number of aromatic nitrogens is 5. The highest BCUT2D eigenvalue weighted by Gasteiger charge is 2.33. The topological polar surface area (TPSA) is 19.4 Å². The van der Waals surface area contributed by atoms with Crippen molar-refractivity contribution < 1.29 is 22.8 Å². The van der Waals surface area contributed by atoms with Crippen LogP contribution in [0.15, 0.2) is 183 Å². The summed E-state index contributed by atoms with van der Waals surface area (Å²) in [5, 5.41) is 0. The third-order valence-corrected chi connectivity index (χ3v) is 25.2. The molecule has 618 valence electrons. The second kappa shape index (κ2) is 40.1. The van der Waals surface area contributed by atoms with Gasteiger partial charge in [0.15, 0.2) is 31.0 Å². The van der Waals surface area contributed by atoms with Crippen molar-refractivity contribution in [2.24, 2.45) is 62.8 Å². The summed E-state index contributed by atoms with van der Waals surface area (Å²) in [4.78, 5) is 0. The lowest BCUT2D eigenvalue weighted by Crippen LogP contribution is -2.33. The molecule has 14 rings (SSSR count). The van der Waals surface area contributed by atoms with E-state index in [1.54, 1.807) is 38.9 Å². The molecule has 5 aromatic carbocycles. The zero-order valence-electron chi connectivity index (χ0n) is 77.5. The maximum absolute atomic E-state index is 2.50. The quantitative estimate of drug-likeness (QED) is 0.0859. The maximum Gasteiger partial charge on any atom is 0.212 e. The van der Waals surface area contributed by atoms with Gasteiger partial charge in [0.2, 0.25) is 28.5 Å². The largest absolute Gasteiger partial charge is 0.212 e. The van der Waals surface area contributed by atoms with Crippen LogP contribution in [-0.2, 0) is 73.8 Å². The number of nitrogens with zero attached hydrogens (tertiary/aromatic N) is 5. The summed E-state index contributed by atoms with van der Waals surface area (Å²) < 4.78 is 11.6. The van der Waals surface area contributed by atoms with Gasteiger partial charge < -0.3 is 0 Å². The first-order valence-corrected chi connectivity index (χ1v) is 45.3. The predicted octanol–water partition coefficient (Wildman–Crippen LogP) is 27.2. The van der Waals surface area contributed by atoms with Crippen molar-refractivity contribution >= 4 is 0 Å². The lowest BCUT2D eigenvalue weighted by molar-refractivity contribution is -0.661. The number of benzene rings is 5. The van der Waals surface area contributed by atoms with Crippen LogP contribution in [0.5, 0.6) is 0 Å². The molecule has 10 aromatic rings. The molecule has 5 aromatic heterocycles. The van der Waals surface area contributed by atoms with Gasteiger partial charge in [-0.3, -0.25) is 0 Å². The molecule has 4 fully saturated rings. The molecule has 0 amide bonds. The smallest absolute Gasteiger partial charge is 0.201 e. The Hall–Kier alpha value is -8.15. The monoisotopic (exact) mass is 1560 g/mol. The van der Waals surface area contributed by atoms with Crippen LogP contribution in [0.3, 0.4) is 0 Å². The van der Waals surface area contributed by atoms with E-state index in [4.69, 9.17) is 0 Å². The van der Waals surface area contributed by atoms with E-state index in [0.717, 1.165) is 55.8 Å². The highest BCUT2D eigenvalue weighted by Crippen LogP contribution is 2.43. The van der Waals surface area contributed by atoms with Crippen molar-refractivity contribution in [3.05, 3.63) is 266 Å². The van der Waals surface area contributed by atoms with Gasteiger partial charge in [0.1, 0.15) is 35.2 Å². The summed E-state index contributed by atoms with van der Waals surface area (Å²) >= 11 is 0. The molecule has 4 aliphatic carbocycles. The van der Waals surface area contributed by atoms with Crippen molar-refractivity contribution in [3.63, 3.8) is 0 Å². The summed E-state index contributed by atoms with van der Waals surface area (Å²) in [7, 11) is 11.0. The van der Waals surface area contributed by atoms with Crippen molar-refractivity contribution in [3.8, 4) is 56.3 Å². The zero-order chi connectivity index (χ0) is 84.0. The van der Waals surface area contributed by atoms with Gasteiger partial charge in [-0.05, 0) is 262 Å². The molecule has 0 radical (unpaired) electrons. The predicted molar refractivity (Wildman–Crippen MR) is 494 cm³/mol. The molecule has 0 aliphatic heterocycles. The van der Waals surface area contributed by atoms with E-state index < -0.39 is 0 Å². The molecule has 5 nitrogen and oxygen atoms in total. The Morgan fingerprint density at radius 3 is 0.819 bits per heavy atom. The van der Waals surface area contributed by atoms with E-state index >= 15 is 0 Å². The van der Waals surface area contributed by atoms with Crippen LogP contribution in [0, 0.1) is 62.2 Å². The molecule has 5 heterocycles. The first kappa shape index (κ1) is 90.2. The second-order valence-electron chi connectivity index (χ2n) is 41.2. The van der Waals surface area contributed by atoms with E-state index in [-0.39, 0.29) is 5.41 Å². The van der Waals surface area contributed by atoms with Gasteiger partial charge in [-0.1, -0.05) is 246 Å². The molecule has 0 saturated heterocycles. The number of rotatable bonds is 16. The third-order valence-electron chi connectivity index (χ3n) is 25.2. The van der Waals surface area contributed by atoms with E-state index in [0.29, 0.717) is 22.2 Å². The van der Waals surface area contributed by atoms with Crippen LogP contribution in [0.4, 0.5) is 0 Å². The van der Waals surface area contributed by atoms with Crippen molar-refractivity contribution in [1.82, 2.24) is 0 Å². The fourth-order valence-electron chi connectivity index (χ4n) is 19.5. The number of pyridine rings is 5. The lowest BCUT2D eigenvalue weighted by atomic mass is 9.81. The average molecular weight is 1560 g/mol. The first-order valence-electron chi connectivity index (χ1n) is 45.3. The molecule has 0 atom stereocenters. The zero-order valence-corrected chi connectivity index (χ0v) is 77.5. The second-order valence-corrected chi connectivity index (χ2v) is 41.2. The normalized spacial score (nSPS) is 15.1. The van der Waals surface area contributed by atoms with Gasteiger partial charge in [-0.2, -0.15) is 0 Å². The van der Waals surface area contributed by atoms with Crippen molar-refractivity contribution in [2.75, 3.05) is 0 Å². The number of aryl methyl sites for hydroxylation is 11. The van der Waals surface area contributed by atoms with E-state index in [2.05, 4.69) is 379 Å². The fourth-order valence-corrected chi connectivity index (χ4v) is 19.5. The summed E-state index contributed by atoms with van der Waals surface area (Å²) in [6.07, 6.45) is 40.9. The lowest BCUT2D eigenvalue weighted by Gasteiger charge is -2.24. The average Bonchev–Trinajstić information content (AvgIpc) is 1.24. The summed E-state index contributed by atoms with van der Waals surface area (Å²) in [6, 6.07) is 56.0. The Kier molecular flexibility index (Phi) is 31.2. The minimum Gasteiger partial charge on any atom is -0.201 e. The summed E-state index contributed by atoms with van der Waals surface area (Å²) in [5.74, 6) is 3.78. The van der Waals surface area contributed by atoms with E-state index in [1.807, 2.05) is 0 Å². The van der Waals surface area contributed by atoms with Crippen molar-refractivity contribution in [2.45, 2.75) is 303 Å². The standard InChI is InChI=1S/2C23H32N.C23H34N.C22H30N.C20H26N/c1-17-10-6-9-13-20(17)22-14-21(18-11-7-8-12-18)19(16-24(22)5)15-23(2,3)4;1-17-10-6-9-13-20(17)22-14-19(15-23(2,3)4)21(16-24(22)5)18-11-7-8-12-18;1-17-11-9-10-12-20(17)21-13-18(14-22(2,3)4)19(16-24(21)8)15-23(5,6)7;1-16(2)13-19-14-22(20-12-8-5-9-17(20)3)23(4)15-21(19)18-10-6-7-11-18;1-4-16-14-21(3)20(18-12-8-5-9-15(18)2)13-19(16)17-10-6-7-11-17/h2*6,9-10,13-14,16,18H,7-8,11-12,15H2,1-5H3;9-13,16H,14-15H2,1-8H3;5,8-9,12,14-16,18H,6-7,10-11,13H2,1-4H3;5,8-9,12-14,17H,4,6-7,10-11H2,1-3H3/q5*+1. The molecular formula is C111H154N5+5. The van der Waals surface area contributed by atoms with Gasteiger partial charge >= 0.3 is 0 Å². The molecule has 0 N–H and O–H groups in total. The SMILES string of the molecule is CCc1c[n+](C)c(-c2ccccc2C)cc1C1CCCC1.Cc1ccccc1-c1cc(C2CCCC2)c(CC(C)(C)C)c[n+]1C.Cc1ccccc1-c1cc(CC(C)(C)C)c(C2CCCC2)c[n+]1C.Cc1ccccc1-c1cc(CC(C)(C)C)c(CC(C)(C)C)c[n+]1C.Cc1ccccc1-c1cc(CC(C)C)c(C2CCCC2)c[n+]1C. The maximum atomic E-state index is 2.50. The molecule has 4 aliphatic rings. The minimum atomic E-state index is 0.287. The van der Waals surface area contributed by atoms with Crippen LogP contribution in [0.1, 0.15) is 314 Å². The van der Waals surface area contributed by atoms with Gasteiger partial charge in [-0.25, -0.2) is 22.8 Å². The van der Waals surface area contributed by atoms with Gasteiger partial charge in [0.25, 0.3) is 0 Å². The van der Waals surface area contributed by atoms with Crippen LogP contribution < -0.4 is 22.8 Å². The Balaban J connectivity index is 0.000000153. The highest BCUT2D eigenvalue weighted by atomic mass is 14.9. The Bertz CT molecular complexity index is 4890. The molecule has 0 unspecified atom stereocenters. The summed E-state index contributed by atoms with van der Waals surface area (Å²) in [5.41, 5.74) is 37.1. The van der Waals surface area contributed by atoms with Gasteiger partial charge in [0, 0.05) is 86.0 Å². The summed E-state index contributed by atoms with van der Waals surface area (Å²) in [6.45, 7) is 46.0. The molecule has 116 heavy (non-hydrogen) atoms. The van der Waals surface area contributed by atoms with Crippen LogP contribution in [0.25, 0.3) is 56.3 Å². The molecule has 0 bridgehead atoms. The van der Waals surface area contributed by atoms with Crippen LogP contribution in [-0.4, -0.2) is 0 Å². The molecule has 4 saturated carbocycles. The highest BCUT2D eigenvalue weighted by molar-refractivity contribution is 5.66. The fraction of sp³-hybridized carbons (Fsp3) is 0.505. The Morgan fingerprint density at radius 1 is 0.276 bits per heavy atom. The first-order chi connectivity index (χ1) is 54.9. The van der Waals surface area contributed by atoms with Gasteiger partial charge in [-0.15, -0.1) is 0 Å². The third kappa shape index (κ3) is 24.7. The Labute approximate surface area is 707 Å². The van der Waals surface area contributed by atoms with E-state index in [1.165, 1.54) is 210 Å². The molecule has 0 spiro atoms. The van der Waals surface area contributed by atoms with Crippen LogP contribution >= 0.6 is 0 Å². The number of hydrogen-bond donors (Lipinski definition) is 0. The van der Waals surface area contributed by atoms with Crippen LogP contribution in [0.2, 0.25) is 0 Å². The number of hydrogen-bond acceptors (Lipinski definition) is 0.